The standard InChI is InChI=1S/C11H18N2O2S/c1-4-13(5-2)9-7-8(12)10(16-9)11(14)15-6-3/h7H,4-6,12H2,1-3H3. The maximum atomic E-state index is 11.6. The lowest BCUT2D eigenvalue weighted by molar-refractivity contribution is 0.0533. The minimum Gasteiger partial charge on any atom is -0.462 e. The van der Waals surface area contributed by atoms with E-state index in [-0.39, 0.29) is 5.97 Å². The molecule has 0 saturated carbocycles. The molecular weight excluding hydrogens is 224 g/mol. The van der Waals surface area contributed by atoms with Gasteiger partial charge in [0, 0.05) is 13.1 Å². The van der Waals surface area contributed by atoms with Crippen molar-refractivity contribution in [2.24, 2.45) is 0 Å². The first kappa shape index (κ1) is 12.8. The molecule has 0 amide bonds. The predicted molar refractivity (Wildman–Crippen MR) is 68.2 cm³/mol. The molecule has 1 rings (SSSR count). The molecule has 1 aromatic rings. The van der Waals surface area contributed by atoms with Crippen LogP contribution < -0.4 is 10.6 Å². The van der Waals surface area contributed by atoms with Crippen LogP contribution in [0.15, 0.2) is 6.07 Å². The Kier molecular flexibility index (Phi) is 4.61. The number of nitrogens with zero attached hydrogens (tertiary/aromatic N) is 1. The summed E-state index contributed by atoms with van der Waals surface area (Å²) in [5.41, 5.74) is 6.31. The van der Waals surface area contributed by atoms with Gasteiger partial charge in [-0.25, -0.2) is 4.79 Å². The third-order valence-electron chi connectivity index (χ3n) is 2.28. The summed E-state index contributed by atoms with van der Waals surface area (Å²) in [5.74, 6) is -0.330. The number of hydrogen-bond acceptors (Lipinski definition) is 5. The Morgan fingerprint density at radius 2 is 2.06 bits per heavy atom. The lowest BCUT2D eigenvalue weighted by atomic mass is 10.4. The predicted octanol–water partition coefficient (Wildman–Crippen LogP) is 2.35. The number of rotatable bonds is 5. The Morgan fingerprint density at radius 1 is 1.44 bits per heavy atom. The van der Waals surface area contributed by atoms with Gasteiger partial charge in [-0.2, -0.15) is 0 Å². The Morgan fingerprint density at radius 3 is 2.56 bits per heavy atom. The number of ether oxygens (including phenoxy) is 1. The van der Waals surface area contributed by atoms with E-state index in [2.05, 4.69) is 18.7 Å². The van der Waals surface area contributed by atoms with Crippen LogP contribution in [0.4, 0.5) is 10.7 Å². The number of carbonyl (C=O) groups is 1. The highest BCUT2D eigenvalue weighted by molar-refractivity contribution is 7.18. The molecule has 0 atom stereocenters. The quantitative estimate of drug-likeness (QED) is 0.805. The second-order valence-corrected chi connectivity index (χ2v) is 4.29. The van der Waals surface area contributed by atoms with Gasteiger partial charge in [0.15, 0.2) is 0 Å². The van der Waals surface area contributed by atoms with Gasteiger partial charge in [-0.3, -0.25) is 0 Å². The van der Waals surface area contributed by atoms with Gasteiger partial charge in [0.1, 0.15) is 4.88 Å². The number of nitrogen functional groups attached to an aromatic ring is 1. The molecule has 0 aliphatic heterocycles. The van der Waals surface area contributed by atoms with E-state index < -0.39 is 0 Å². The van der Waals surface area contributed by atoms with E-state index in [0.29, 0.717) is 17.2 Å². The highest BCUT2D eigenvalue weighted by Crippen LogP contribution is 2.32. The van der Waals surface area contributed by atoms with Gasteiger partial charge < -0.3 is 15.4 Å². The summed E-state index contributed by atoms with van der Waals surface area (Å²) in [5, 5.41) is 1.02. The number of nitrogens with two attached hydrogens (primary N) is 1. The highest BCUT2D eigenvalue weighted by Gasteiger charge is 2.17. The number of thiophene rings is 1. The second kappa shape index (κ2) is 5.75. The first-order valence-corrected chi connectivity index (χ1v) is 6.27. The summed E-state index contributed by atoms with van der Waals surface area (Å²) in [7, 11) is 0. The van der Waals surface area contributed by atoms with Crippen molar-refractivity contribution in [1.29, 1.82) is 0 Å². The van der Waals surface area contributed by atoms with Gasteiger partial charge >= 0.3 is 5.97 Å². The monoisotopic (exact) mass is 242 g/mol. The van der Waals surface area contributed by atoms with Crippen LogP contribution in [-0.4, -0.2) is 25.7 Å². The van der Waals surface area contributed by atoms with Crippen LogP contribution in [0.2, 0.25) is 0 Å². The third kappa shape index (κ3) is 2.66. The fourth-order valence-electron chi connectivity index (χ4n) is 1.44. The Labute approximate surface area is 100 Å². The number of hydrogen-bond donors (Lipinski definition) is 1. The van der Waals surface area contributed by atoms with Crippen LogP contribution in [0.3, 0.4) is 0 Å². The van der Waals surface area contributed by atoms with Crippen LogP contribution in [0.1, 0.15) is 30.4 Å². The van der Waals surface area contributed by atoms with E-state index in [9.17, 15) is 4.79 Å². The Bertz CT molecular complexity index is 359. The van der Waals surface area contributed by atoms with Crippen LogP contribution in [0, 0.1) is 0 Å². The molecule has 0 aliphatic carbocycles. The topological polar surface area (TPSA) is 55.6 Å². The summed E-state index contributed by atoms with van der Waals surface area (Å²) >= 11 is 1.39. The molecule has 0 aromatic carbocycles. The van der Waals surface area contributed by atoms with Crippen LogP contribution >= 0.6 is 11.3 Å². The van der Waals surface area contributed by atoms with Gasteiger partial charge in [-0.05, 0) is 26.8 Å². The van der Waals surface area contributed by atoms with Crippen LogP contribution in [0.25, 0.3) is 0 Å². The van der Waals surface area contributed by atoms with E-state index in [1.54, 1.807) is 6.92 Å². The average molecular weight is 242 g/mol. The summed E-state index contributed by atoms with van der Waals surface area (Å²) in [4.78, 5) is 14.2. The van der Waals surface area contributed by atoms with Crippen molar-refractivity contribution < 1.29 is 9.53 Å². The normalized spacial score (nSPS) is 10.2. The number of anilines is 2. The van der Waals surface area contributed by atoms with Gasteiger partial charge in [0.2, 0.25) is 0 Å². The van der Waals surface area contributed by atoms with Gasteiger partial charge in [0.25, 0.3) is 0 Å². The zero-order valence-electron chi connectivity index (χ0n) is 9.95. The summed E-state index contributed by atoms with van der Waals surface area (Å²) in [6.45, 7) is 8.11. The maximum Gasteiger partial charge on any atom is 0.350 e. The third-order valence-corrected chi connectivity index (χ3v) is 3.48. The van der Waals surface area contributed by atoms with E-state index in [1.807, 2.05) is 6.07 Å². The van der Waals surface area contributed by atoms with Crippen molar-refractivity contribution in [3.63, 3.8) is 0 Å². The molecular formula is C11H18N2O2S. The molecule has 0 saturated heterocycles. The fraction of sp³-hybridized carbons (Fsp3) is 0.545. The molecule has 4 nitrogen and oxygen atoms in total. The van der Waals surface area contributed by atoms with Gasteiger partial charge in [-0.15, -0.1) is 11.3 Å². The van der Waals surface area contributed by atoms with Crippen LogP contribution in [-0.2, 0) is 4.74 Å². The smallest absolute Gasteiger partial charge is 0.350 e. The van der Waals surface area contributed by atoms with E-state index in [4.69, 9.17) is 10.5 Å². The van der Waals surface area contributed by atoms with Crippen LogP contribution in [0.5, 0.6) is 0 Å². The summed E-state index contributed by atoms with van der Waals surface area (Å²) in [6, 6.07) is 1.84. The molecule has 0 bridgehead atoms. The van der Waals surface area contributed by atoms with Crippen molar-refractivity contribution in [3.8, 4) is 0 Å². The highest BCUT2D eigenvalue weighted by atomic mass is 32.1. The zero-order valence-corrected chi connectivity index (χ0v) is 10.8. The van der Waals surface area contributed by atoms with Gasteiger partial charge in [0.05, 0.1) is 17.3 Å². The molecule has 5 heteroatoms. The van der Waals surface area contributed by atoms with Crippen molar-refractivity contribution in [2.45, 2.75) is 20.8 Å². The van der Waals surface area contributed by atoms with Crippen molar-refractivity contribution in [1.82, 2.24) is 0 Å². The summed E-state index contributed by atoms with van der Waals surface area (Å²) in [6.07, 6.45) is 0. The lowest BCUT2D eigenvalue weighted by Crippen LogP contribution is -2.20. The minimum absolute atomic E-state index is 0.330. The molecule has 0 aliphatic rings. The molecule has 0 unspecified atom stereocenters. The Balaban J connectivity index is 2.92. The molecule has 0 radical (unpaired) electrons. The zero-order chi connectivity index (χ0) is 12.1. The summed E-state index contributed by atoms with van der Waals surface area (Å²) < 4.78 is 4.94. The lowest BCUT2D eigenvalue weighted by Gasteiger charge is -2.17. The molecule has 1 heterocycles. The number of carbonyl (C=O) groups excluding carboxylic acids is 1. The number of esters is 1. The molecule has 2 N–H and O–H groups in total. The Hall–Kier alpha value is -1.23. The molecule has 90 valence electrons. The van der Waals surface area contributed by atoms with E-state index in [0.717, 1.165) is 18.1 Å². The SMILES string of the molecule is CCOC(=O)c1sc(N(CC)CC)cc1N. The van der Waals surface area contributed by atoms with E-state index >= 15 is 0 Å². The molecule has 0 spiro atoms. The molecule has 16 heavy (non-hydrogen) atoms. The van der Waals surface area contributed by atoms with E-state index in [1.165, 1.54) is 11.3 Å². The largest absolute Gasteiger partial charge is 0.462 e. The van der Waals surface area contributed by atoms with Gasteiger partial charge in [-0.1, -0.05) is 0 Å². The molecule has 0 fully saturated rings. The maximum absolute atomic E-state index is 11.6. The second-order valence-electron chi connectivity index (χ2n) is 3.26. The van der Waals surface area contributed by atoms with Crippen molar-refractivity contribution >= 4 is 28.0 Å². The first-order chi connectivity index (χ1) is 7.63. The van der Waals surface area contributed by atoms with Crippen molar-refractivity contribution in [2.75, 3.05) is 30.3 Å². The minimum atomic E-state index is -0.330. The molecule has 1 aromatic heterocycles. The van der Waals surface area contributed by atoms with Crippen molar-refractivity contribution in [3.05, 3.63) is 10.9 Å². The average Bonchev–Trinajstić information content (AvgIpc) is 2.63. The first-order valence-electron chi connectivity index (χ1n) is 5.45. The fourth-order valence-corrected chi connectivity index (χ4v) is 2.54.